The van der Waals surface area contributed by atoms with Gasteiger partial charge in [-0.2, -0.15) is 0 Å². The predicted octanol–water partition coefficient (Wildman–Crippen LogP) is 4.08. The van der Waals surface area contributed by atoms with Gasteiger partial charge in [0.05, 0.1) is 0 Å². The molecule has 0 spiro atoms. The number of hydrogen-bond acceptors (Lipinski definition) is 2. The van der Waals surface area contributed by atoms with Crippen LogP contribution in [0.1, 0.15) is 26.3 Å². The Morgan fingerprint density at radius 1 is 1.19 bits per heavy atom. The van der Waals surface area contributed by atoms with Crippen LogP contribution in [0.3, 0.4) is 0 Å². The zero-order chi connectivity index (χ0) is 12.6. The molecule has 0 radical (unpaired) electrons. The second-order valence-corrected chi connectivity index (χ2v) is 10.6. The minimum Gasteiger partial charge on any atom is -0.541 e. The van der Waals surface area contributed by atoms with Crippen molar-refractivity contribution in [2.45, 2.75) is 45.8 Å². The fourth-order valence-electron chi connectivity index (χ4n) is 1.14. The number of phenols is 1. The monoisotopic (exact) mass is 238 g/mol. The molecule has 0 aliphatic carbocycles. The van der Waals surface area contributed by atoms with Crippen LogP contribution in [0.5, 0.6) is 11.5 Å². The van der Waals surface area contributed by atoms with Crippen molar-refractivity contribution in [1.29, 1.82) is 0 Å². The highest BCUT2D eigenvalue weighted by Crippen LogP contribution is 2.39. The molecule has 2 nitrogen and oxygen atoms in total. The Labute approximate surface area is 99.4 Å². The molecule has 0 unspecified atom stereocenters. The van der Waals surface area contributed by atoms with E-state index in [1.165, 1.54) is 0 Å². The molecule has 0 saturated carbocycles. The van der Waals surface area contributed by atoms with Crippen LogP contribution in [-0.2, 0) is 0 Å². The number of benzene rings is 1. The fraction of sp³-hybridized carbons (Fsp3) is 0.538. The first-order valence-corrected chi connectivity index (χ1v) is 8.53. The number of rotatable bonds is 2. The highest BCUT2D eigenvalue weighted by atomic mass is 28.4. The molecule has 0 aliphatic rings. The Morgan fingerprint density at radius 3 is 2.19 bits per heavy atom. The van der Waals surface area contributed by atoms with E-state index < -0.39 is 8.32 Å². The summed E-state index contributed by atoms with van der Waals surface area (Å²) in [5.41, 5.74) is 1.04. The summed E-state index contributed by atoms with van der Waals surface area (Å²) in [7, 11) is -1.85. The molecule has 0 aliphatic heterocycles. The lowest BCUT2D eigenvalue weighted by Crippen LogP contribution is -2.43. The Morgan fingerprint density at radius 2 is 1.75 bits per heavy atom. The van der Waals surface area contributed by atoms with Crippen molar-refractivity contribution in [2.75, 3.05) is 0 Å². The second-order valence-electron chi connectivity index (χ2n) is 5.83. The summed E-state index contributed by atoms with van der Waals surface area (Å²) in [4.78, 5) is 0. The van der Waals surface area contributed by atoms with Crippen molar-refractivity contribution in [3.8, 4) is 11.5 Å². The third-order valence-corrected chi connectivity index (χ3v) is 7.63. The summed E-state index contributed by atoms with van der Waals surface area (Å²) < 4.78 is 6.04. The molecule has 0 bridgehead atoms. The van der Waals surface area contributed by atoms with Crippen molar-refractivity contribution < 1.29 is 9.53 Å². The Bertz CT molecular complexity index is 378. The minimum atomic E-state index is -1.85. The molecule has 16 heavy (non-hydrogen) atoms. The molecule has 1 N–H and O–H groups in total. The van der Waals surface area contributed by atoms with Crippen LogP contribution in [0.4, 0.5) is 0 Å². The van der Waals surface area contributed by atoms with Crippen molar-refractivity contribution >= 4 is 8.32 Å². The first kappa shape index (κ1) is 13.1. The van der Waals surface area contributed by atoms with Crippen molar-refractivity contribution in [2.24, 2.45) is 0 Å². The maximum atomic E-state index is 9.82. The lowest BCUT2D eigenvalue weighted by Gasteiger charge is -2.36. The van der Waals surface area contributed by atoms with Crippen molar-refractivity contribution in [3.05, 3.63) is 23.8 Å². The van der Waals surface area contributed by atoms with Crippen LogP contribution in [0, 0.1) is 6.92 Å². The van der Waals surface area contributed by atoms with Crippen LogP contribution in [0.25, 0.3) is 0 Å². The van der Waals surface area contributed by atoms with E-state index in [-0.39, 0.29) is 10.8 Å². The molecule has 1 aromatic carbocycles. The standard InChI is InChI=1S/C13H22O2Si/c1-10-7-8-12(11(14)9-10)15-16(5,6)13(2,3)4/h7-9,14H,1-6H3. The molecule has 1 rings (SSSR count). The van der Waals surface area contributed by atoms with Gasteiger partial charge < -0.3 is 9.53 Å². The molecular weight excluding hydrogens is 216 g/mol. The summed E-state index contributed by atoms with van der Waals surface area (Å²) in [5.74, 6) is 0.849. The smallest absolute Gasteiger partial charge is 0.250 e. The van der Waals surface area contributed by atoms with Gasteiger partial charge in [-0.3, -0.25) is 0 Å². The fourth-order valence-corrected chi connectivity index (χ4v) is 2.17. The number of phenolic OH excluding ortho intramolecular Hbond substituents is 1. The average molecular weight is 238 g/mol. The number of hydrogen-bond donors (Lipinski definition) is 1. The predicted molar refractivity (Wildman–Crippen MR) is 70.7 cm³/mol. The molecule has 90 valence electrons. The van der Waals surface area contributed by atoms with Gasteiger partial charge >= 0.3 is 0 Å². The normalized spacial score (nSPS) is 12.6. The number of aryl methyl sites for hydroxylation is 1. The van der Waals surface area contributed by atoms with Crippen molar-refractivity contribution in [3.63, 3.8) is 0 Å². The molecule has 0 fully saturated rings. The Balaban J connectivity index is 2.97. The first-order valence-electron chi connectivity index (χ1n) is 5.62. The van der Waals surface area contributed by atoms with Gasteiger partial charge in [0.25, 0.3) is 8.32 Å². The first-order chi connectivity index (χ1) is 7.13. The molecule has 0 heterocycles. The summed E-state index contributed by atoms with van der Waals surface area (Å²) in [6, 6.07) is 5.55. The third-order valence-electron chi connectivity index (χ3n) is 3.29. The lowest BCUT2D eigenvalue weighted by atomic mass is 10.2. The molecule has 0 amide bonds. The third kappa shape index (κ3) is 2.79. The van der Waals surface area contributed by atoms with Gasteiger partial charge in [0.15, 0.2) is 5.75 Å². The van der Waals surface area contributed by atoms with E-state index in [1.54, 1.807) is 6.07 Å². The molecule has 1 aromatic rings. The van der Waals surface area contributed by atoms with Crippen LogP contribution < -0.4 is 4.43 Å². The van der Waals surface area contributed by atoms with Gasteiger partial charge in [-0.1, -0.05) is 26.8 Å². The largest absolute Gasteiger partial charge is 0.541 e. The van der Waals surface area contributed by atoms with Crippen LogP contribution in [-0.4, -0.2) is 13.4 Å². The van der Waals surface area contributed by atoms with Gasteiger partial charge in [0.2, 0.25) is 0 Å². The Kier molecular flexibility index (Phi) is 3.38. The maximum Gasteiger partial charge on any atom is 0.250 e. The van der Waals surface area contributed by atoms with Gasteiger partial charge in [0.1, 0.15) is 5.75 Å². The van der Waals surface area contributed by atoms with Crippen molar-refractivity contribution in [1.82, 2.24) is 0 Å². The highest BCUT2D eigenvalue weighted by Gasteiger charge is 2.39. The van der Waals surface area contributed by atoms with Crippen LogP contribution >= 0.6 is 0 Å². The zero-order valence-electron chi connectivity index (χ0n) is 11.1. The van der Waals surface area contributed by atoms with Gasteiger partial charge in [-0.25, -0.2) is 0 Å². The van der Waals surface area contributed by atoms with E-state index in [0.717, 1.165) is 5.56 Å². The van der Waals surface area contributed by atoms with Gasteiger partial charge in [-0.05, 0) is 42.8 Å². The maximum absolute atomic E-state index is 9.82. The molecular formula is C13H22O2Si. The molecule has 0 saturated heterocycles. The SMILES string of the molecule is Cc1ccc(O[Si](C)(C)C(C)(C)C)c(O)c1. The van der Waals surface area contributed by atoms with E-state index in [9.17, 15) is 5.11 Å². The zero-order valence-corrected chi connectivity index (χ0v) is 12.1. The molecule has 0 aromatic heterocycles. The van der Waals surface area contributed by atoms with E-state index in [0.29, 0.717) is 5.75 Å². The molecule has 0 atom stereocenters. The highest BCUT2D eigenvalue weighted by molar-refractivity contribution is 6.74. The quantitative estimate of drug-likeness (QED) is 0.787. The van der Waals surface area contributed by atoms with Crippen LogP contribution in [0.2, 0.25) is 18.1 Å². The van der Waals surface area contributed by atoms with Crippen LogP contribution in [0.15, 0.2) is 18.2 Å². The Hall–Kier alpha value is -0.963. The summed E-state index contributed by atoms with van der Waals surface area (Å²) >= 11 is 0. The topological polar surface area (TPSA) is 29.5 Å². The van der Waals surface area contributed by atoms with E-state index in [2.05, 4.69) is 33.9 Å². The lowest BCUT2D eigenvalue weighted by molar-refractivity contribution is 0.422. The van der Waals surface area contributed by atoms with E-state index >= 15 is 0 Å². The second kappa shape index (κ2) is 4.13. The van der Waals surface area contributed by atoms with Gasteiger partial charge in [0, 0.05) is 0 Å². The summed E-state index contributed by atoms with van der Waals surface area (Å²) in [6.07, 6.45) is 0. The number of aromatic hydroxyl groups is 1. The van der Waals surface area contributed by atoms with Gasteiger partial charge in [-0.15, -0.1) is 0 Å². The summed E-state index contributed by atoms with van der Waals surface area (Å²) in [5, 5.41) is 9.96. The summed E-state index contributed by atoms with van der Waals surface area (Å²) in [6.45, 7) is 12.9. The van der Waals surface area contributed by atoms with E-state index in [1.807, 2.05) is 19.1 Å². The molecule has 3 heteroatoms. The minimum absolute atomic E-state index is 0.143. The average Bonchev–Trinajstić information content (AvgIpc) is 2.08. The van der Waals surface area contributed by atoms with E-state index in [4.69, 9.17) is 4.43 Å².